The third-order valence-corrected chi connectivity index (χ3v) is 3.91. The van der Waals surface area contributed by atoms with E-state index in [1.54, 1.807) is 24.3 Å². The lowest BCUT2D eigenvalue weighted by Gasteiger charge is -2.07. The molecular weight excluding hydrogens is 304 g/mol. The van der Waals surface area contributed by atoms with Crippen molar-refractivity contribution in [2.75, 3.05) is 5.32 Å². The van der Waals surface area contributed by atoms with Gasteiger partial charge in [0.05, 0.1) is 5.52 Å². The summed E-state index contributed by atoms with van der Waals surface area (Å²) in [6, 6.07) is 20.7. The maximum absolute atomic E-state index is 12.3. The molecule has 0 spiro atoms. The van der Waals surface area contributed by atoms with E-state index in [0.29, 0.717) is 16.8 Å². The minimum absolute atomic E-state index is 0.0946. The first-order chi connectivity index (χ1) is 11.7. The molecule has 5 nitrogen and oxygen atoms in total. The van der Waals surface area contributed by atoms with Crippen LogP contribution >= 0.6 is 0 Å². The van der Waals surface area contributed by atoms with E-state index in [9.17, 15) is 9.59 Å². The lowest BCUT2D eigenvalue weighted by molar-refractivity contribution is -0.116. The summed E-state index contributed by atoms with van der Waals surface area (Å²) in [5.41, 5.74) is 1.77. The van der Waals surface area contributed by atoms with E-state index in [-0.39, 0.29) is 12.5 Å². The predicted molar refractivity (Wildman–Crippen MR) is 93.1 cm³/mol. The minimum Gasteiger partial charge on any atom is -0.408 e. The molecule has 4 rings (SSSR count). The van der Waals surface area contributed by atoms with Gasteiger partial charge in [-0.05, 0) is 35.0 Å². The van der Waals surface area contributed by atoms with Crippen LogP contribution in [0.3, 0.4) is 0 Å². The second-order valence-electron chi connectivity index (χ2n) is 5.53. The summed E-state index contributed by atoms with van der Waals surface area (Å²) in [7, 11) is 0. The summed E-state index contributed by atoms with van der Waals surface area (Å²) in [5.74, 6) is -0.816. The van der Waals surface area contributed by atoms with Crippen LogP contribution in [0.5, 0.6) is 0 Å². The molecule has 0 fully saturated rings. The number of oxazole rings is 1. The van der Waals surface area contributed by atoms with Crippen molar-refractivity contribution in [3.05, 3.63) is 77.3 Å². The van der Waals surface area contributed by atoms with Gasteiger partial charge < -0.3 is 9.73 Å². The predicted octanol–water partition coefficient (Wildman–Crippen LogP) is 3.39. The fourth-order valence-electron chi connectivity index (χ4n) is 2.77. The van der Waals surface area contributed by atoms with E-state index < -0.39 is 5.76 Å². The number of hydrogen-bond donors (Lipinski definition) is 1. The smallest absolute Gasteiger partial charge is 0.408 e. The second-order valence-corrected chi connectivity index (χ2v) is 5.53. The maximum atomic E-state index is 12.3. The van der Waals surface area contributed by atoms with Crippen LogP contribution in [-0.2, 0) is 11.3 Å². The lowest BCUT2D eigenvalue weighted by Crippen LogP contribution is -2.24. The fraction of sp³-hybridized carbons (Fsp3) is 0.0526. The molecule has 5 heteroatoms. The first-order valence-electron chi connectivity index (χ1n) is 7.58. The summed E-state index contributed by atoms with van der Waals surface area (Å²) in [6.07, 6.45) is 0. The number of fused-ring (bicyclic) bond motifs is 2. The molecule has 1 amide bonds. The van der Waals surface area contributed by atoms with Gasteiger partial charge in [0.25, 0.3) is 0 Å². The number of aromatic nitrogens is 1. The standard InChI is InChI=1S/C19H14N2O3/c22-18(12-21-16-7-3-4-8-17(16)24-19(21)23)20-15-10-9-13-5-1-2-6-14(13)11-15/h1-11H,12H2,(H,20,22). The molecule has 24 heavy (non-hydrogen) atoms. The SMILES string of the molecule is O=C(Cn1c(=O)oc2ccccc21)Nc1ccc2ccccc2c1. The summed E-state index contributed by atoms with van der Waals surface area (Å²) in [5, 5.41) is 4.97. The Balaban J connectivity index is 1.59. The van der Waals surface area contributed by atoms with Crippen LogP contribution in [0.1, 0.15) is 0 Å². The molecule has 0 unspecified atom stereocenters. The van der Waals surface area contributed by atoms with E-state index in [0.717, 1.165) is 10.8 Å². The van der Waals surface area contributed by atoms with Crippen molar-refractivity contribution in [3.8, 4) is 0 Å². The van der Waals surface area contributed by atoms with E-state index >= 15 is 0 Å². The molecule has 4 aromatic rings. The Hall–Kier alpha value is -3.34. The third kappa shape index (κ3) is 2.56. The monoisotopic (exact) mass is 318 g/mol. The zero-order chi connectivity index (χ0) is 16.5. The van der Waals surface area contributed by atoms with Crippen molar-refractivity contribution in [2.24, 2.45) is 0 Å². The number of nitrogens with one attached hydrogen (secondary N) is 1. The molecule has 0 saturated heterocycles. The van der Waals surface area contributed by atoms with E-state index in [2.05, 4.69) is 5.32 Å². The highest BCUT2D eigenvalue weighted by molar-refractivity contribution is 5.94. The van der Waals surface area contributed by atoms with Gasteiger partial charge in [0.2, 0.25) is 5.91 Å². The van der Waals surface area contributed by atoms with Crippen LogP contribution in [-0.4, -0.2) is 10.5 Å². The van der Waals surface area contributed by atoms with E-state index in [4.69, 9.17) is 4.42 Å². The number of hydrogen-bond acceptors (Lipinski definition) is 3. The molecule has 0 radical (unpaired) electrons. The Labute approximate surface area is 137 Å². The quantitative estimate of drug-likeness (QED) is 0.630. The summed E-state index contributed by atoms with van der Waals surface area (Å²) >= 11 is 0. The summed E-state index contributed by atoms with van der Waals surface area (Å²) in [6.45, 7) is -0.0946. The van der Waals surface area contributed by atoms with Crippen molar-refractivity contribution >= 4 is 33.5 Å². The molecule has 3 aromatic carbocycles. The lowest BCUT2D eigenvalue weighted by atomic mass is 10.1. The molecule has 1 aromatic heterocycles. The molecule has 118 valence electrons. The molecule has 0 aliphatic rings. The highest BCUT2D eigenvalue weighted by Crippen LogP contribution is 2.19. The van der Waals surface area contributed by atoms with Crippen LogP contribution in [0.25, 0.3) is 21.9 Å². The zero-order valence-corrected chi connectivity index (χ0v) is 12.7. The summed E-state index contributed by atoms with van der Waals surface area (Å²) in [4.78, 5) is 24.2. The number of nitrogens with zero attached hydrogens (tertiary/aromatic N) is 1. The maximum Gasteiger partial charge on any atom is 0.420 e. The number of carbonyl (C=O) groups is 1. The zero-order valence-electron chi connectivity index (χ0n) is 12.7. The van der Waals surface area contributed by atoms with Crippen LogP contribution in [0.4, 0.5) is 5.69 Å². The molecule has 0 bridgehead atoms. The Morgan fingerprint density at radius 3 is 2.58 bits per heavy atom. The number of carbonyl (C=O) groups excluding carboxylic acids is 1. The molecular formula is C19H14N2O3. The van der Waals surface area contributed by atoms with Gasteiger partial charge in [-0.15, -0.1) is 0 Å². The van der Waals surface area contributed by atoms with Gasteiger partial charge in [0, 0.05) is 5.69 Å². The first kappa shape index (κ1) is 14.3. The van der Waals surface area contributed by atoms with E-state index in [1.165, 1.54) is 4.57 Å². The number of anilines is 1. The van der Waals surface area contributed by atoms with Gasteiger partial charge in [-0.2, -0.15) is 0 Å². The molecule has 1 N–H and O–H groups in total. The minimum atomic E-state index is -0.537. The van der Waals surface area contributed by atoms with Gasteiger partial charge in [0.1, 0.15) is 6.54 Å². The third-order valence-electron chi connectivity index (χ3n) is 3.91. The molecule has 0 aliphatic heterocycles. The van der Waals surface area contributed by atoms with Crippen LogP contribution in [0.15, 0.2) is 75.9 Å². The normalized spacial score (nSPS) is 11.0. The Morgan fingerprint density at radius 1 is 0.958 bits per heavy atom. The Bertz CT molecular complexity index is 1110. The highest BCUT2D eigenvalue weighted by atomic mass is 16.4. The van der Waals surface area contributed by atoms with Crippen LogP contribution in [0, 0.1) is 0 Å². The first-order valence-corrected chi connectivity index (χ1v) is 7.58. The summed E-state index contributed by atoms with van der Waals surface area (Å²) < 4.78 is 6.46. The number of amides is 1. The highest BCUT2D eigenvalue weighted by Gasteiger charge is 2.12. The Kier molecular flexibility index (Phi) is 3.39. The van der Waals surface area contributed by atoms with Gasteiger partial charge in [-0.1, -0.05) is 42.5 Å². The molecule has 0 aliphatic carbocycles. The molecule has 0 atom stereocenters. The van der Waals surface area contributed by atoms with E-state index in [1.807, 2.05) is 42.5 Å². The van der Waals surface area contributed by atoms with Crippen molar-refractivity contribution < 1.29 is 9.21 Å². The number of rotatable bonds is 3. The van der Waals surface area contributed by atoms with Gasteiger partial charge in [-0.25, -0.2) is 4.79 Å². The molecule has 0 saturated carbocycles. The van der Waals surface area contributed by atoms with Crippen molar-refractivity contribution in [1.82, 2.24) is 4.57 Å². The average molecular weight is 318 g/mol. The van der Waals surface area contributed by atoms with Crippen LogP contribution < -0.4 is 11.1 Å². The Morgan fingerprint density at radius 2 is 1.71 bits per heavy atom. The number of benzene rings is 3. The number of para-hydroxylation sites is 2. The van der Waals surface area contributed by atoms with Gasteiger partial charge >= 0.3 is 5.76 Å². The van der Waals surface area contributed by atoms with Crippen molar-refractivity contribution in [2.45, 2.75) is 6.54 Å². The largest absolute Gasteiger partial charge is 0.420 e. The van der Waals surface area contributed by atoms with Gasteiger partial charge in [0.15, 0.2) is 5.58 Å². The molecule has 1 heterocycles. The van der Waals surface area contributed by atoms with Crippen molar-refractivity contribution in [1.29, 1.82) is 0 Å². The van der Waals surface area contributed by atoms with Gasteiger partial charge in [-0.3, -0.25) is 9.36 Å². The van der Waals surface area contributed by atoms with Crippen molar-refractivity contribution in [3.63, 3.8) is 0 Å². The fourth-order valence-corrected chi connectivity index (χ4v) is 2.77. The average Bonchev–Trinajstić information content (AvgIpc) is 2.90. The van der Waals surface area contributed by atoms with Crippen LogP contribution in [0.2, 0.25) is 0 Å². The topological polar surface area (TPSA) is 64.2 Å². The second kappa shape index (κ2) is 5.70.